The van der Waals surface area contributed by atoms with Gasteiger partial charge in [-0.15, -0.1) is 0 Å². The van der Waals surface area contributed by atoms with Crippen molar-refractivity contribution < 1.29 is 9.84 Å². The standard InChI is InChI=1S/C9H17NO2/c1-2-8(11)5-10-6-9(7-10)3-4-12-9/h8,11H,2-7H2,1H3/t8-/m0/s1. The SMILES string of the molecule is CC[C@H](O)CN1CC2(CCO2)C1. The molecule has 70 valence electrons. The molecule has 1 atom stereocenters. The van der Waals surface area contributed by atoms with Crippen LogP contribution < -0.4 is 0 Å². The number of aliphatic hydroxyl groups is 1. The van der Waals surface area contributed by atoms with Gasteiger partial charge in [0.2, 0.25) is 0 Å². The van der Waals surface area contributed by atoms with Crippen LogP contribution in [0.5, 0.6) is 0 Å². The van der Waals surface area contributed by atoms with E-state index in [2.05, 4.69) is 4.90 Å². The Morgan fingerprint density at radius 1 is 1.58 bits per heavy atom. The van der Waals surface area contributed by atoms with Crippen LogP contribution in [0.2, 0.25) is 0 Å². The van der Waals surface area contributed by atoms with Gasteiger partial charge >= 0.3 is 0 Å². The van der Waals surface area contributed by atoms with Crippen molar-refractivity contribution in [2.24, 2.45) is 0 Å². The third-order valence-corrected chi connectivity index (χ3v) is 2.93. The molecule has 0 saturated carbocycles. The smallest absolute Gasteiger partial charge is 0.0956 e. The van der Waals surface area contributed by atoms with Crippen LogP contribution >= 0.6 is 0 Å². The second-order valence-electron chi connectivity index (χ2n) is 4.01. The van der Waals surface area contributed by atoms with Gasteiger partial charge in [0.15, 0.2) is 0 Å². The number of rotatable bonds is 3. The zero-order valence-electron chi connectivity index (χ0n) is 7.62. The van der Waals surface area contributed by atoms with Crippen molar-refractivity contribution in [3.63, 3.8) is 0 Å². The fraction of sp³-hybridized carbons (Fsp3) is 1.00. The summed E-state index contributed by atoms with van der Waals surface area (Å²) in [7, 11) is 0. The van der Waals surface area contributed by atoms with Crippen molar-refractivity contribution in [1.29, 1.82) is 0 Å². The van der Waals surface area contributed by atoms with Crippen LogP contribution in [-0.2, 0) is 4.74 Å². The van der Waals surface area contributed by atoms with Crippen molar-refractivity contribution in [3.05, 3.63) is 0 Å². The highest BCUT2D eigenvalue weighted by molar-refractivity contribution is 5.01. The maximum absolute atomic E-state index is 9.37. The van der Waals surface area contributed by atoms with Crippen molar-refractivity contribution in [2.45, 2.75) is 31.5 Å². The Balaban J connectivity index is 1.67. The number of hydrogen-bond acceptors (Lipinski definition) is 3. The topological polar surface area (TPSA) is 32.7 Å². The largest absolute Gasteiger partial charge is 0.392 e. The molecule has 2 saturated heterocycles. The van der Waals surface area contributed by atoms with E-state index in [0.29, 0.717) is 0 Å². The molecule has 2 heterocycles. The first-order valence-electron chi connectivity index (χ1n) is 4.78. The quantitative estimate of drug-likeness (QED) is 0.660. The molecule has 2 aliphatic rings. The second kappa shape index (κ2) is 2.98. The van der Waals surface area contributed by atoms with E-state index in [0.717, 1.165) is 32.7 Å². The second-order valence-corrected chi connectivity index (χ2v) is 4.01. The van der Waals surface area contributed by atoms with Gasteiger partial charge in [0.1, 0.15) is 0 Å². The van der Waals surface area contributed by atoms with Gasteiger partial charge in [-0.3, -0.25) is 4.90 Å². The molecule has 1 N–H and O–H groups in total. The van der Waals surface area contributed by atoms with Crippen LogP contribution in [-0.4, -0.2) is 48.0 Å². The van der Waals surface area contributed by atoms with Crippen LogP contribution in [0.3, 0.4) is 0 Å². The molecule has 0 aromatic heterocycles. The Bertz CT molecular complexity index is 157. The average Bonchev–Trinajstić information content (AvgIpc) is 1.91. The molecule has 2 rings (SSSR count). The Morgan fingerprint density at radius 2 is 2.25 bits per heavy atom. The van der Waals surface area contributed by atoms with E-state index >= 15 is 0 Å². The van der Waals surface area contributed by atoms with Crippen LogP contribution in [0.4, 0.5) is 0 Å². The molecule has 1 spiro atoms. The predicted octanol–water partition coefficient (Wildman–Crippen LogP) is 0.232. The lowest BCUT2D eigenvalue weighted by Crippen LogP contribution is -2.68. The molecule has 2 aliphatic heterocycles. The van der Waals surface area contributed by atoms with Gasteiger partial charge in [-0.05, 0) is 6.42 Å². The molecule has 0 aliphatic carbocycles. The summed E-state index contributed by atoms with van der Waals surface area (Å²) >= 11 is 0. The van der Waals surface area contributed by atoms with Crippen LogP contribution in [0.1, 0.15) is 19.8 Å². The fourth-order valence-electron chi connectivity index (χ4n) is 1.97. The van der Waals surface area contributed by atoms with Crippen molar-refractivity contribution in [1.82, 2.24) is 4.90 Å². The minimum Gasteiger partial charge on any atom is -0.392 e. The summed E-state index contributed by atoms with van der Waals surface area (Å²) in [6, 6.07) is 0. The number of ether oxygens (including phenoxy) is 1. The number of hydrogen-bond donors (Lipinski definition) is 1. The monoisotopic (exact) mass is 171 g/mol. The Morgan fingerprint density at radius 3 is 2.67 bits per heavy atom. The molecule has 0 aromatic carbocycles. The van der Waals surface area contributed by atoms with Crippen molar-refractivity contribution in [2.75, 3.05) is 26.2 Å². The normalized spacial score (nSPS) is 29.5. The first-order valence-corrected chi connectivity index (χ1v) is 4.78. The van der Waals surface area contributed by atoms with E-state index in [9.17, 15) is 5.11 Å². The summed E-state index contributed by atoms with van der Waals surface area (Å²) in [6.45, 7) is 5.83. The Labute approximate surface area is 73.3 Å². The minimum absolute atomic E-state index is 0.151. The highest BCUT2D eigenvalue weighted by Gasteiger charge is 2.48. The molecule has 2 fully saturated rings. The maximum Gasteiger partial charge on any atom is 0.0956 e. The summed E-state index contributed by atoms with van der Waals surface area (Å²) in [5.74, 6) is 0. The highest BCUT2D eigenvalue weighted by atomic mass is 16.5. The molecular formula is C9H17NO2. The number of nitrogens with zero attached hydrogens (tertiary/aromatic N) is 1. The molecule has 0 amide bonds. The first-order chi connectivity index (χ1) is 5.74. The van der Waals surface area contributed by atoms with Gasteiger partial charge < -0.3 is 9.84 Å². The average molecular weight is 171 g/mol. The summed E-state index contributed by atoms with van der Waals surface area (Å²) in [5, 5.41) is 9.37. The lowest BCUT2D eigenvalue weighted by Gasteiger charge is -2.55. The summed E-state index contributed by atoms with van der Waals surface area (Å²) < 4.78 is 5.48. The number of β-amino-alcohol motifs (C(OH)–C–C–N with tert-alkyl or cyclic N) is 1. The third-order valence-electron chi connectivity index (χ3n) is 2.93. The van der Waals surface area contributed by atoms with E-state index in [-0.39, 0.29) is 11.7 Å². The van der Waals surface area contributed by atoms with Crippen LogP contribution in [0.15, 0.2) is 0 Å². The summed E-state index contributed by atoms with van der Waals surface area (Å²) in [4.78, 5) is 2.27. The van der Waals surface area contributed by atoms with Gasteiger partial charge in [-0.25, -0.2) is 0 Å². The number of likely N-dealkylation sites (tertiary alicyclic amines) is 1. The summed E-state index contributed by atoms with van der Waals surface area (Å²) in [6.07, 6.45) is 1.92. The molecule has 0 unspecified atom stereocenters. The van der Waals surface area contributed by atoms with E-state index in [1.807, 2.05) is 6.92 Å². The molecule has 0 bridgehead atoms. The van der Waals surface area contributed by atoms with Crippen molar-refractivity contribution in [3.8, 4) is 0 Å². The first kappa shape index (κ1) is 8.48. The lowest BCUT2D eigenvalue weighted by atomic mass is 9.86. The molecule has 3 heteroatoms. The molecular weight excluding hydrogens is 154 g/mol. The molecule has 12 heavy (non-hydrogen) atoms. The highest BCUT2D eigenvalue weighted by Crippen LogP contribution is 2.35. The molecule has 3 nitrogen and oxygen atoms in total. The van der Waals surface area contributed by atoms with E-state index < -0.39 is 0 Å². The van der Waals surface area contributed by atoms with Gasteiger partial charge in [0, 0.05) is 26.1 Å². The zero-order valence-corrected chi connectivity index (χ0v) is 7.62. The lowest BCUT2D eigenvalue weighted by molar-refractivity contribution is -0.224. The van der Waals surface area contributed by atoms with Crippen LogP contribution in [0.25, 0.3) is 0 Å². The van der Waals surface area contributed by atoms with Gasteiger partial charge in [-0.2, -0.15) is 0 Å². The summed E-state index contributed by atoms with van der Waals surface area (Å²) in [5.41, 5.74) is 0.216. The zero-order chi connectivity index (χ0) is 8.60. The maximum atomic E-state index is 9.37. The van der Waals surface area contributed by atoms with Gasteiger partial charge in [0.25, 0.3) is 0 Å². The third kappa shape index (κ3) is 1.37. The molecule has 0 aromatic rings. The Kier molecular flexibility index (Phi) is 2.10. The fourth-order valence-corrected chi connectivity index (χ4v) is 1.97. The Hall–Kier alpha value is -0.120. The van der Waals surface area contributed by atoms with Crippen molar-refractivity contribution >= 4 is 0 Å². The van der Waals surface area contributed by atoms with E-state index in [1.165, 1.54) is 6.42 Å². The predicted molar refractivity (Wildman–Crippen MR) is 46.0 cm³/mol. The van der Waals surface area contributed by atoms with Gasteiger partial charge in [-0.1, -0.05) is 6.92 Å². The van der Waals surface area contributed by atoms with Gasteiger partial charge in [0.05, 0.1) is 18.3 Å². The number of aliphatic hydroxyl groups excluding tert-OH is 1. The van der Waals surface area contributed by atoms with Crippen LogP contribution in [0, 0.1) is 0 Å². The minimum atomic E-state index is -0.151. The van der Waals surface area contributed by atoms with E-state index in [1.54, 1.807) is 0 Å². The van der Waals surface area contributed by atoms with E-state index in [4.69, 9.17) is 4.74 Å². The molecule has 0 radical (unpaired) electrons.